The van der Waals surface area contributed by atoms with Gasteiger partial charge in [0.1, 0.15) is 12.7 Å². The van der Waals surface area contributed by atoms with Gasteiger partial charge in [0, 0.05) is 25.7 Å². The number of anilines is 1. The first-order chi connectivity index (χ1) is 8.16. The lowest BCUT2D eigenvalue weighted by molar-refractivity contribution is -0.138. The summed E-state index contributed by atoms with van der Waals surface area (Å²) in [6, 6.07) is -0.00184. The number of nitrogens with zero attached hydrogens (tertiary/aromatic N) is 5. The van der Waals surface area contributed by atoms with Crippen LogP contribution in [0.5, 0.6) is 0 Å². The molecule has 7 nitrogen and oxygen atoms in total. The number of aromatic nitrogens is 3. The maximum absolute atomic E-state index is 10.8. The van der Waals surface area contributed by atoms with Crippen molar-refractivity contribution in [1.82, 2.24) is 19.9 Å². The molecule has 1 aromatic heterocycles. The van der Waals surface area contributed by atoms with Gasteiger partial charge >= 0.3 is 5.97 Å². The van der Waals surface area contributed by atoms with Crippen molar-refractivity contribution in [2.24, 2.45) is 0 Å². The standard InChI is InChI=1S/C10H15N5O2/c1-14-2-3-15(5-8(14)4-9(16)17)10-12-6-11-7-13-10/h6-8H,2-5H2,1H3,(H,16,17). The Kier molecular flexibility index (Phi) is 3.48. The normalized spacial score (nSPS) is 21.5. The largest absolute Gasteiger partial charge is 0.481 e. The summed E-state index contributed by atoms with van der Waals surface area (Å²) < 4.78 is 0. The third kappa shape index (κ3) is 2.88. The summed E-state index contributed by atoms with van der Waals surface area (Å²) in [6.45, 7) is 2.24. The summed E-state index contributed by atoms with van der Waals surface area (Å²) in [7, 11) is 1.94. The van der Waals surface area contributed by atoms with Crippen molar-refractivity contribution < 1.29 is 9.90 Å². The second-order valence-electron chi connectivity index (χ2n) is 4.12. The third-order valence-electron chi connectivity index (χ3n) is 2.95. The molecule has 0 aliphatic carbocycles. The van der Waals surface area contributed by atoms with Crippen molar-refractivity contribution in [3.63, 3.8) is 0 Å². The Bertz CT molecular complexity index is 386. The predicted octanol–water partition coefficient (Wildman–Crippen LogP) is -0.533. The molecule has 1 unspecified atom stereocenters. The Morgan fingerprint density at radius 1 is 1.47 bits per heavy atom. The van der Waals surface area contributed by atoms with Crippen LogP contribution < -0.4 is 4.90 Å². The van der Waals surface area contributed by atoms with Crippen LogP contribution in [0.2, 0.25) is 0 Å². The maximum atomic E-state index is 10.8. The quantitative estimate of drug-likeness (QED) is 0.756. The Balaban J connectivity index is 2.05. The third-order valence-corrected chi connectivity index (χ3v) is 2.95. The summed E-state index contributed by atoms with van der Waals surface area (Å²) in [5.74, 6) is -0.164. The maximum Gasteiger partial charge on any atom is 0.305 e. The highest BCUT2D eigenvalue weighted by Gasteiger charge is 2.27. The lowest BCUT2D eigenvalue weighted by Crippen LogP contribution is -2.52. The minimum Gasteiger partial charge on any atom is -0.481 e. The van der Waals surface area contributed by atoms with Gasteiger partial charge in [-0.2, -0.15) is 0 Å². The molecule has 1 N–H and O–H groups in total. The zero-order valence-corrected chi connectivity index (χ0v) is 9.65. The van der Waals surface area contributed by atoms with Gasteiger partial charge in [-0.25, -0.2) is 15.0 Å². The van der Waals surface area contributed by atoms with E-state index in [2.05, 4.69) is 19.9 Å². The van der Waals surface area contributed by atoms with Crippen LogP contribution in [0, 0.1) is 0 Å². The summed E-state index contributed by atoms with van der Waals surface area (Å²) in [5, 5.41) is 8.85. The summed E-state index contributed by atoms with van der Waals surface area (Å²) in [4.78, 5) is 26.8. The van der Waals surface area contributed by atoms with Crippen LogP contribution in [0.15, 0.2) is 12.7 Å². The molecule has 0 amide bonds. The lowest BCUT2D eigenvalue weighted by atomic mass is 10.1. The van der Waals surface area contributed by atoms with E-state index in [-0.39, 0.29) is 12.5 Å². The van der Waals surface area contributed by atoms with Crippen molar-refractivity contribution in [3.05, 3.63) is 12.7 Å². The lowest BCUT2D eigenvalue weighted by Gasteiger charge is -2.38. The van der Waals surface area contributed by atoms with Gasteiger partial charge in [-0.3, -0.25) is 9.69 Å². The van der Waals surface area contributed by atoms with Crippen molar-refractivity contribution in [3.8, 4) is 0 Å². The molecule has 0 spiro atoms. The number of piperazine rings is 1. The minimum atomic E-state index is -0.778. The Morgan fingerprint density at radius 3 is 2.82 bits per heavy atom. The van der Waals surface area contributed by atoms with E-state index in [0.717, 1.165) is 13.1 Å². The molecule has 0 saturated carbocycles. The fourth-order valence-corrected chi connectivity index (χ4v) is 1.95. The van der Waals surface area contributed by atoms with E-state index in [1.54, 1.807) is 0 Å². The molecule has 0 aromatic carbocycles. The van der Waals surface area contributed by atoms with Gasteiger partial charge in [0.25, 0.3) is 0 Å². The number of likely N-dealkylation sites (N-methyl/N-ethyl adjacent to an activating group) is 1. The number of carboxylic acid groups (broad SMARTS) is 1. The Hall–Kier alpha value is -1.76. The van der Waals surface area contributed by atoms with Crippen LogP contribution in [-0.2, 0) is 4.79 Å². The number of rotatable bonds is 3. The van der Waals surface area contributed by atoms with Gasteiger partial charge in [0.05, 0.1) is 6.42 Å². The molecule has 1 aliphatic heterocycles. The van der Waals surface area contributed by atoms with Crippen LogP contribution >= 0.6 is 0 Å². The van der Waals surface area contributed by atoms with E-state index in [0.29, 0.717) is 12.5 Å². The molecule has 7 heteroatoms. The zero-order chi connectivity index (χ0) is 12.3. The highest BCUT2D eigenvalue weighted by Crippen LogP contribution is 2.15. The summed E-state index contributed by atoms with van der Waals surface area (Å²) in [6.07, 6.45) is 3.04. The van der Waals surface area contributed by atoms with Gasteiger partial charge in [0.15, 0.2) is 0 Å². The van der Waals surface area contributed by atoms with Crippen molar-refractivity contribution >= 4 is 11.9 Å². The molecule has 0 radical (unpaired) electrons. The van der Waals surface area contributed by atoms with Crippen molar-refractivity contribution in [2.75, 3.05) is 31.6 Å². The van der Waals surface area contributed by atoms with E-state index in [1.165, 1.54) is 12.7 Å². The molecule has 92 valence electrons. The van der Waals surface area contributed by atoms with E-state index < -0.39 is 5.97 Å². The highest BCUT2D eigenvalue weighted by molar-refractivity contribution is 5.67. The number of aliphatic carboxylic acids is 1. The molecule has 1 aromatic rings. The molecule has 1 aliphatic rings. The van der Waals surface area contributed by atoms with E-state index in [1.807, 2.05) is 11.9 Å². The summed E-state index contributed by atoms with van der Waals surface area (Å²) in [5.41, 5.74) is 0. The van der Waals surface area contributed by atoms with Gasteiger partial charge < -0.3 is 10.0 Å². The van der Waals surface area contributed by atoms with Gasteiger partial charge in [-0.15, -0.1) is 0 Å². The van der Waals surface area contributed by atoms with Crippen LogP contribution in [0.1, 0.15) is 6.42 Å². The molecular weight excluding hydrogens is 222 g/mol. The molecule has 1 fully saturated rings. The van der Waals surface area contributed by atoms with Crippen molar-refractivity contribution in [2.45, 2.75) is 12.5 Å². The van der Waals surface area contributed by atoms with Crippen LogP contribution in [-0.4, -0.2) is 63.7 Å². The fraction of sp³-hybridized carbons (Fsp3) is 0.600. The first-order valence-electron chi connectivity index (χ1n) is 5.46. The number of hydrogen-bond donors (Lipinski definition) is 1. The van der Waals surface area contributed by atoms with Crippen LogP contribution in [0.3, 0.4) is 0 Å². The van der Waals surface area contributed by atoms with Crippen molar-refractivity contribution in [1.29, 1.82) is 0 Å². The van der Waals surface area contributed by atoms with Crippen LogP contribution in [0.4, 0.5) is 5.95 Å². The highest BCUT2D eigenvalue weighted by atomic mass is 16.4. The number of hydrogen-bond acceptors (Lipinski definition) is 6. The van der Waals surface area contributed by atoms with Gasteiger partial charge in [0.2, 0.25) is 5.95 Å². The van der Waals surface area contributed by atoms with Gasteiger partial charge in [-0.1, -0.05) is 0 Å². The molecule has 1 saturated heterocycles. The first kappa shape index (κ1) is 11.7. The molecule has 2 rings (SSSR count). The number of carboxylic acids is 1. The molecule has 0 bridgehead atoms. The summed E-state index contributed by atoms with van der Waals surface area (Å²) >= 11 is 0. The smallest absolute Gasteiger partial charge is 0.305 e. The Labute approximate surface area is 99.1 Å². The van der Waals surface area contributed by atoms with E-state index in [9.17, 15) is 4.79 Å². The van der Waals surface area contributed by atoms with E-state index >= 15 is 0 Å². The first-order valence-corrected chi connectivity index (χ1v) is 5.46. The topological polar surface area (TPSA) is 82.5 Å². The SMILES string of the molecule is CN1CCN(c2ncncn2)CC1CC(=O)O. The average molecular weight is 237 g/mol. The zero-order valence-electron chi connectivity index (χ0n) is 9.65. The monoisotopic (exact) mass is 237 g/mol. The minimum absolute atomic E-state index is 0.00184. The molecule has 2 heterocycles. The number of carbonyl (C=O) groups is 1. The second kappa shape index (κ2) is 5.05. The van der Waals surface area contributed by atoms with E-state index in [4.69, 9.17) is 5.11 Å². The Morgan fingerprint density at radius 2 is 2.18 bits per heavy atom. The van der Waals surface area contributed by atoms with Gasteiger partial charge in [-0.05, 0) is 7.05 Å². The molecule has 17 heavy (non-hydrogen) atoms. The second-order valence-corrected chi connectivity index (χ2v) is 4.12. The molecular formula is C10H15N5O2. The van der Waals surface area contributed by atoms with Crippen LogP contribution in [0.25, 0.3) is 0 Å². The average Bonchev–Trinajstić information content (AvgIpc) is 2.32. The molecule has 1 atom stereocenters. The predicted molar refractivity (Wildman–Crippen MR) is 60.7 cm³/mol. The fourth-order valence-electron chi connectivity index (χ4n) is 1.95.